The maximum absolute atomic E-state index is 13.5. The highest BCUT2D eigenvalue weighted by Crippen LogP contribution is 2.13. The van der Waals surface area contributed by atoms with E-state index in [1.807, 2.05) is 0 Å². The summed E-state index contributed by atoms with van der Waals surface area (Å²) in [5.74, 6) is -2.88. The summed E-state index contributed by atoms with van der Waals surface area (Å²) >= 11 is 0. The molecule has 0 aliphatic carbocycles. The van der Waals surface area contributed by atoms with Crippen molar-refractivity contribution in [3.63, 3.8) is 0 Å². The number of phenolic OH excluding ortho intramolecular Hbond substituents is 1. The lowest BCUT2D eigenvalue weighted by Gasteiger charge is -2.25. The number of benzene rings is 1. The maximum atomic E-state index is 13.5. The molecule has 0 spiro atoms. The number of unbranched alkanes of at least 4 members (excludes halogenated alkanes) is 1. The minimum Gasteiger partial charge on any atom is -0.508 e. The van der Waals surface area contributed by atoms with Gasteiger partial charge in [0.25, 0.3) is 0 Å². The zero-order chi connectivity index (χ0) is 29.5. The van der Waals surface area contributed by atoms with Gasteiger partial charge in [-0.2, -0.15) is 0 Å². The second-order valence-electron chi connectivity index (χ2n) is 9.77. The molecule has 0 aromatic heterocycles. The zero-order valence-electron chi connectivity index (χ0n) is 22.6. The first-order valence-electron chi connectivity index (χ1n) is 13.5. The molecule has 1 saturated heterocycles. The molecule has 0 saturated carbocycles. The molecule has 1 aromatic carbocycles. The van der Waals surface area contributed by atoms with Gasteiger partial charge < -0.3 is 48.7 Å². The van der Waals surface area contributed by atoms with Crippen LogP contribution in [0.3, 0.4) is 0 Å². The summed E-state index contributed by atoms with van der Waals surface area (Å²) in [5, 5.41) is 30.3. The van der Waals surface area contributed by atoms with Gasteiger partial charge in [-0.15, -0.1) is 0 Å². The quantitative estimate of drug-likeness (QED) is 0.0598. The van der Waals surface area contributed by atoms with Crippen molar-refractivity contribution in [2.75, 3.05) is 19.6 Å². The Labute approximate surface area is 233 Å². The molecule has 1 heterocycles. The van der Waals surface area contributed by atoms with Gasteiger partial charge in [-0.05, 0) is 75.7 Å². The Morgan fingerprint density at radius 1 is 0.950 bits per heavy atom. The first-order valence-corrected chi connectivity index (χ1v) is 13.5. The number of nitrogens with two attached hydrogens (primary N) is 3. The van der Waals surface area contributed by atoms with Gasteiger partial charge in [-0.25, -0.2) is 4.79 Å². The van der Waals surface area contributed by atoms with Crippen LogP contribution in [0.5, 0.6) is 5.75 Å². The van der Waals surface area contributed by atoms with Crippen LogP contribution in [-0.2, 0) is 25.6 Å². The minimum absolute atomic E-state index is 0.0564. The van der Waals surface area contributed by atoms with E-state index in [1.54, 1.807) is 12.1 Å². The fourth-order valence-electron chi connectivity index (χ4n) is 4.32. The lowest BCUT2D eigenvalue weighted by Crippen LogP contribution is -2.57. The molecular weight excluding hydrogens is 520 g/mol. The molecule has 3 amide bonds. The first kappa shape index (κ1) is 32.3. The number of carbonyl (C=O) groups excluding carboxylic acids is 3. The van der Waals surface area contributed by atoms with Gasteiger partial charge in [0.15, 0.2) is 5.96 Å². The molecule has 1 aliphatic rings. The van der Waals surface area contributed by atoms with Crippen LogP contribution >= 0.6 is 0 Å². The average molecular weight is 563 g/mol. The van der Waals surface area contributed by atoms with Crippen molar-refractivity contribution < 1.29 is 29.4 Å². The highest BCUT2D eigenvalue weighted by molar-refractivity contribution is 5.94. The average Bonchev–Trinajstić information content (AvgIpc) is 3.45. The number of rotatable bonds is 17. The number of hydrogen-bond donors (Lipinski definition) is 9. The lowest BCUT2D eigenvalue weighted by atomic mass is 10.0. The van der Waals surface area contributed by atoms with Crippen LogP contribution in [0.4, 0.5) is 0 Å². The number of nitrogens with zero attached hydrogens (tertiary/aromatic N) is 1. The van der Waals surface area contributed by atoms with E-state index in [-0.39, 0.29) is 43.4 Å². The zero-order valence-corrected chi connectivity index (χ0v) is 22.6. The number of aliphatic imine (C=N–C) groups is 1. The van der Waals surface area contributed by atoms with E-state index in [0.717, 1.165) is 6.42 Å². The van der Waals surface area contributed by atoms with Crippen molar-refractivity contribution >= 4 is 29.7 Å². The Morgan fingerprint density at radius 2 is 1.60 bits per heavy atom. The Morgan fingerprint density at radius 3 is 2.20 bits per heavy atom. The van der Waals surface area contributed by atoms with Crippen molar-refractivity contribution in [3.8, 4) is 5.75 Å². The van der Waals surface area contributed by atoms with E-state index in [1.165, 1.54) is 12.1 Å². The van der Waals surface area contributed by atoms with Crippen molar-refractivity contribution in [2.24, 2.45) is 22.2 Å². The number of phenols is 1. The number of guanidine groups is 1. The standard InChI is InChI=1S/C26H42N8O6/c27-12-2-1-5-20(25(39)40)33-23(37)19(7-4-14-31-26(28)29)32-24(38)21(15-16-8-10-17(35)11-9-16)34-22(36)18-6-3-13-30-18/h8-11,18-21,30,35H,1-7,12-15,27H2,(H,32,38)(H,33,37)(H,34,36)(H,39,40)(H4,28,29,31). The van der Waals surface area contributed by atoms with Crippen LogP contribution in [-0.4, -0.2) is 83.7 Å². The largest absolute Gasteiger partial charge is 0.508 e. The number of carboxylic acid groups (broad SMARTS) is 1. The van der Waals surface area contributed by atoms with Crippen molar-refractivity contribution in [1.29, 1.82) is 0 Å². The van der Waals surface area contributed by atoms with Gasteiger partial charge >= 0.3 is 5.97 Å². The fraction of sp³-hybridized carbons (Fsp3) is 0.577. The van der Waals surface area contributed by atoms with Gasteiger partial charge in [0.2, 0.25) is 17.7 Å². The second-order valence-corrected chi connectivity index (χ2v) is 9.77. The molecule has 14 nitrogen and oxygen atoms in total. The summed E-state index contributed by atoms with van der Waals surface area (Å²) in [5.41, 5.74) is 16.9. The monoisotopic (exact) mass is 562 g/mol. The summed E-state index contributed by atoms with van der Waals surface area (Å²) in [4.78, 5) is 55.2. The molecule has 0 bridgehead atoms. The molecule has 14 heteroatoms. The van der Waals surface area contributed by atoms with Crippen LogP contribution < -0.4 is 38.5 Å². The maximum Gasteiger partial charge on any atom is 0.326 e. The molecule has 4 atom stereocenters. The van der Waals surface area contributed by atoms with Crippen LogP contribution in [0.15, 0.2) is 29.3 Å². The number of nitrogens with one attached hydrogen (secondary N) is 4. The van der Waals surface area contributed by atoms with E-state index in [4.69, 9.17) is 17.2 Å². The van der Waals surface area contributed by atoms with Crippen molar-refractivity contribution in [1.82, 2.24) is 21.3 Å². The molecule has 2 rings (SSSR count). The second kappa shape index (κ2) is 16.9. The highest BCUT2D eigenvalue weighted by atomic mass is 16.4. The SMILES string of the molecule is NCCCCC(NC(=O)C(CCCN=C(N)N)NC(=O)C(Cc1ccc(O)cc1)NC(=O)C1CCCN1)C(=O)O. The Kier molecular flexibility index (Phi) is 13.7. The molecule has 0 radical (unpaired) electrons. The number of carbonyl (C=O) groups is 4. The molecule has 1 aromatic rings. The normalized spacial score (nSPS) is 16.8. The third-order valence-electron chi connectivity index (χ3n) is 6.53. The predicted molar refractivity (Wildman–Crippen MR) is 149 cm³/mol. The summed E-state index contributed by atoms with van der Waals surface area (Å²) < 4.78 is 0. The molecule has 12 N–H and O–H groups in total. The number of hydrogen-bond acceptors (Lipinski definition) is 8. The molecular formula is C26H42N8O6. The third kappa shape index (κ3) is 11.5. The first-order chi connectivity index (χ1) is 19.1. The Balaban J connectivity index is 2.20. The topological polar surface area (TPSA) is 247 Å². The molecule has 1 fully saturated rings. The van der Waals surface area contributed by atoms with Crippen molar-refractivity contribution in [2.45, 2.75) is 75.5 Å². The van der Waals surface area contributed by atoms with Crippen molar-refractivity contribution in [3.05, 3.63) is 29.8 Å². The van der Waals surface area contributed by atoms with Gasteiger partial charge in [0.1, 0.15) is 23.9 Å². The summed E-state index contributed by atoms with van der Waals surface area (Å²) in [7, 11) is 0. The third-order valence-corrected chi connectivity index (χ3v) is 6.53. The van der Waals surface area contributed by atoms with Crippen LogP contribution in [0.2, 0.25) is 0 Å². The number of aromatic hydroxyl groups is 1. The fourth-order valence-corrected chi connectivity index (χ4v) is 4.32. The summed E-state index contributed by atoms with van der Waals surface area (Å²) in [6.07, 6.45) is 3.30. The van der Waals surface area contributed by atoms with Gasteiger partial charge in [0, 0.05) is 13.0 Å². The Bertz CT molecular complexity index is 1010. The summed E-state index contributed by atoms with van der Waals surface area (Å²) in [6, 6.07) is 2.48. The molecule has 1 aliphatic heterocycles. The van der Waals surface area contributed by atoms with Crippen LogP contribution in [0.25, 0.3) is 0 Å². The van der Waals surface area contributed by atoms with Gasteiger partial charge in [-0.3, -0.25) is 19.4 Å². The van der Waals surface area contributed by atoms with E-state index in [2.05, 4.69) is 26.3 Å². The lowest BCUT2D eigenvalue weighted by molar-refractivity contribution is -0.142. The highest BCUT2D eigenvalue weighted by Gasteiger charge is 2.31. The van der Waals surface area contributed by atoms with Gasteiger partial charge in [-0.1, -0.05) is 12.1 Å². The van der Waals surface area contributed by atoms with Crippen LogP contribution in [0.1, 0.15) is 50.5 Å². The van der Waals surface area contributed by atoms with Gasteiger partial charge in [0.05, 0.1) is 6.04 Å². The summed E-state index contributed by atoms with van der Waals surface area (Å²) in [6.45, 7) is 1.29. The number of aliphatic carboxylic acids is 1. The van der Waals surface area contributed by atoms with E-state index in [0.29, 0.717) is 44.3 Å². The molecule has 40 heavy (non-hydrogen) atoms. The van der Waals surface area contributed by atoms with E-state index < -0.39 is 42.0 Å². The van der Waals surface area contributed by atoms with E-state index in [9.17, 15) is 29.4 Å². The Hall–Kier alpha value is -3.91. The number of amides is 3. The number of carboxylic acids is 1. The van der Waals surface area contributed by atoms with Crippen LogP contribution in [0, 0.1) is 0 Å². The minimum atomic E-state index is -1.20. The molecule has 222 valence electrons. The molecule has 4 unspecified atom stereocenters. The van der Waals surface area contributed by atoms with E-state index >= 15 is 0 Å². The smallest absolute Gasteiger partial charge is 0.326 e. The predicted octanol–water partition coefficient (Wildman–Crippen LogP) is -1.59.